The lowest BCUT2D eigenvalue weighted by Crippen LogP contribution is -2.14. The SMILES string of the molecule is CCCC(=O)Nc1ccc(OC)c(NC(=O)c2cccc(F)c2)c1. The topological polar surface area (TPSA) is 67.4 Å². The number of hydrogen-bond acceptors (Lipinski definition) is 3. The Kier molecular flexibility index (Phi) is 5.89. The van der Waals surface area contributed by atoms with Crippen LogP contribution < -0.4 is 15.4 Å². The van der Waals surface area contributed by atoms with Gasteiger partial charge in [-0.1, -0.05) is 13.0 Å². The molecule has 0 fully saturated rings. The normalized spacial score (nSPS) is 10.1. The van der Waals surface area contributed by atoms with Crippen LogP contribution in [-0.4, -0.2) is 18.9 Å². The van der Waals surface area contributed by atoms with Crippen molar-refractivity contribution in [2.24, 2.45) is 0 Å². The number of ether oxygens (including phenoxy) is 1. The summed E-state index contributed by atoms with van der Waals surface area (Å²) in [6.45, 7) is 1.91. The largest absolute Gasteiger partial charge is 0.495 e. The van der Waals surface area contributed by atoms with Gasteiger partial charge in [0.15, 0.2) is 0 Å². The highest BCUT2D eigenvalue weighted by molar-refractivity contribution is 6.05. The molecule has 2 rings (SSSR count). The van der Waals surface area contributed by atoms with E-state index >= 15 is 0 Å². The fourth-order valence-electron chi connectivity index (χ4n) is 2.16. The van der Waals surface area contributed by atoms with Crippen LogP contribution in [0.4, 0.5) is 15.8 Å². The Bertz CT molecular complexity index is 747. The van der Waals surface area contributed by atoms with Crippen molar-refractivity contribution in [3.8, 4) is 5.75 Å². The number of amides is 2. The van der Waals surface area contributed by atoms with E-state index in [4.69, 9.17) is 4.74 Å². The first-order chi connectivity index (χ1) is 11.5. The minimum absolute atomic E-state index is 0.106. The van der Waals surface area contributed by atoms with Crippen LogP contribution in [0.2, 0.25) is 0 Å². The van der Waals surface area contributed by atoms with Gasteiger partial charge in [0.05, 0.1) is 12.8 Å². The number of hydrogen-bond donors (Lipinski definition) is 2. The molecule has 0 atom stereocenters. The summed E-state index contributed by atoms with van der Waals surface area (Å²) in [4.78, 5) is 23.9. The van der Waals surface area contributed by atoms with Crippen molar-refractivity contribution in [2.45, 2.75) is 19.8 Å². The average Bonchev–Trinajstić information content (AvgIpc) is 2.55. The van der Waals surface area contributed by atoms with Crippen LogP contribution in [0.5, 0.6) is 5.75 Å². The lowest BCUT2D eigenvalue weighted by Gasteiger charge is -2.13. The molecule has 0 unspecified atom stereocenters. The van der Waals surface area contributed by atoms with Gasteiger partial charge in [-0.3, -0.25) is 9.59 Å². The molecule has 0 saturated heterocycles. The molecule has 0 aliphatic rings. The molecule has 0 aliphatic carbocycles. The monoisotopic (exact) mass is 330 g/mol. The zero-order valence-corrected chi connectivity index (χ0v) is 13.6. The van der Waals surface area contributed by atoms with Crippen LogP contribution in [0.15, 0.2) is 42.5 Å². The molecule has 6 heteroatoms. The van der Waals surface area contributed by atoms with Gasteiger partial charge >= 0.3 is 0 Å². The maximum absolute atomic E-state index is 13.2. The van der Waals surface area contributed by atoms with E-state index in [-0.39, 0.29) is 11.5 Å². The van der Waals surface area contributed by atoms with Gasteiger partial charge in [0.2, 0.25) is 5.91 Å². The number of nitrogens with one attached hydrogen (secondary N) is 2. The van der Waals surface area contributed by atoms with Crippen LogP contribution in [0.3, 0.4) is 0 Å². The van der Waals surface area contributed by atoms with Gasteiger partial charge in [-0.15, -0.1) is 0 Å². The molecule has 126 valence electrons. The summed E-state index contributed by atoms with van der Waals surface area (Å²) in [6.07, 6.45) is 1.15. The van der Waals surface area contributed by atoms with Gasteiger partial charge in [-0.25, -0.2) is 4.39 Å². The molecule has 2 amide bonds. The molecule has 2 aromatic rings. The lowest BCUT2D eigenvalue weighted by molar-refractivity contribution is -0.116. The number of carbonyl (C=O) groups is 2. The van der Waals surface area contributed by atoms with Crippen LogP contribution in [-0.2, 0) is 4.79 Å². The van der Waals surface area contributed by atoms with E-state index in [0.717, 1.165) is 12.5 Å². The molecule has 0 heterocycles. The summed E-state index contributed by atoms with van der Waals surface area (Å²) in [7, 11) is 1.47. The molecule has 0 aromatic heterocycles. The van der Waals surface area contributed by atoms with E-state index in [1.165, 1.54) is 25.3 Å². The maximum atomic E-state index is 13.2. The van der Waals surface area contributed by atoms with E-state index in [0.29, 0.717) is 23.5 Å². The fraction of sp³-hybridized carbons (Fsp3) is 0.222. The second-order valence-electron chi connectivity index (χ2n) is 5.18. The van der Waals surface area contributed by atoms with Crippen molar-refractivity contribution < 1.29 is 18.7 Å². The second-order valence-corrected chi connectivity index (χ2v) is 5.18. The molecule has 2 N–H and O–H groups in total. The van der Waals surface area contributed by atoms with E-state index in [1.54, 1.807) is 18.2 Å². The van der Waals surface area contributed by atoms with Crippen LogP contribution in [0.1, 0.15) is 30.1 Å². The molecular weight excluding hydrogens is 311 g/mol. The molecule has 2 aromatic carbocycles. The molecule has 0 aliphatic heterocycles. The predicted octanol–water partition coefficient (Wildman–Crippen LogP) is 3.83. The van der Waals surface area contributed by atoms with Crippen LogP contribution >= 0.6 is 0 Å². The Hall–Kier alpha value is -2.89. The second kappa shape index (κ2) is 8.10. The lowest BCUT2D eigenvalue weighted by atomic mass is 10.2. The number of benzene rings is 2. The van der Waals surface area contributed by atoms with Crippen molar-refractivity contribution in [3.63, 3.8) is 0 Å². The van der Waals surface area contributed by atoms with Crippen LogP contribution in [0, 0.1) is 5.82 Å². The first-order valence-electron chi connectivity index (χ1n) is 7.58. The highest BCUT2D eigenvalue weighted by Gasteiger charge is 2.12. The average molecular weight is 330 g/mol. The Morgan fingerprint density at radius 2 is 1.92 bits per heavy atom. The first-order valence-corrected chi connectivity index (χ1v) is 7.58. The molecule has 5 nitrogen and oxygen atoms in total. The molecule has 0 saturated carbocycles. The van der Waals surface area contributed by atoms with Gasteiger partial charge in [-0.2, -0.15) is 0 Å². The zero-order valence-electron chi connectivity index (χ0n) is 13.6. The number of anilines is 2. The number of halogens is 1. The van der Waals surface area contributed by atoms with Gasteiger partial charge in [0.1, 0.15) is 11.6 Å². The smallest absolute Gasteiger partial charge is 0.255 e. The van der Waals surface area contributed by atoms with Gasteiger partial charge in [0.25, 0.3) is 5.91 Å². The molecule has 24 heavy (non-hydrogen) atoms. The van der Waals surface area contributed by atoms with Crippen molar-refractivity contribution in [1.29, 1.82) is 0 Å². The highest BCUT2D eigenvalue weighted by Crippen LogP contribution is 2.28. The Morgan fingerprint density at radius 3 is 2.58 bits per heavy atom. The van der Waals surface area contributed by atoms with Crippen LogP contribution in [0.25, 0.3) is 0 Å². The first kappa shape index (κ1) is 17.5. The Morgan fingerprint density at radius 1 is 1.12 bits per heavy atom. The minimum atomic E-state index is -0.491. The Labute approximate surface area is 139 Å². The highest BCUT2D eigenvalue weighted by atomic mass is 19.1. The van der Waals surface area contributed by atoms with E-state index < -0.39 is 11.7 Å². The summed E-state index contributed by atoms with van der Waals surface area (Å²) in [5, 5.41) is 5.42. The molecule has 0 radical (unpaired) electrons. The molecular formula is C18H19FN2O3. The van der Waals surface area contributed by atoms with Gasteiger partial charge in [-0.05, 0) is 42.8 Å². The summed E-state index contributed by atoms with van der Waals surface area (Å²) in [6, 6.07) is 10.3. The summed E-state index contributed by atoms with van der Waals surface area (Å²) < 4.78 is 18.5. The summed E-state index contributed by atoms with van der Waals surface area (Å²) >= 11 is 0. The van der Waals surface area contributed by atoms with Crippen molar-refractivity contribution in [1.82, 2.24) is 0 Å². The standard InChI is InChI=1S/C18H19FN2O3/c1-3-5-17(22)20-14-8-9-16(24-2)15(11-14)21-18(23)12-6-4-7-13(19)10-12/h4,6-11H,3,5H2,1-2H3,(H,20,22)(H,21,23). The van der Waals surface area contributed by atoms with Gasteiger partial charge in [0, 0.05) is 17.7 Å². The van der Waals surface area contributed by atoms with Crippen molar-refractivity contribution >= 4 is 23.2 Å². The zero-order chi connectivity index (χ0) is 17.5. The number of carbonyl (C=O) groups excluding carboxylic acids is 2. The maximum Gasteiger partial charge on any atom is 0.255 e. The Balaban J connectivity index is 2.21. The fourth-order valence-corrected chi connectivity index (χ4v) is 2.16. The molecule has 0 spiro atoms. The third kappa shape index (κ3) is 4.55. The third-order valence-electron chi connectivity index (χ3n) is 3.30. The van der Waals surface area contributed by atoms with Crippen molar-refractivity contribution in [3.05, 3.63) is 53.8 Å². The van der Waals surface area contributed by atoms with E-state index in [2.05, 4.69) is 10.6 Å². The summed E-state index contributed by atoms with van der Waals surface area (Å²) in [5.41, 5.74) is 1.13. The van der Waals surface area contributed by atoms with Crippen molar-refractivity contribution in [2.75, 3.05) is 17.7 Å². The number of methoxy groups -OCH3 is 1. The van der Waals surface area contributed by atoms with E-state index in [9.17, 15) is 14.0 Å². The predicted molar refractivity (Wildman–Crippen MR) is 90.9 cm³/mol. The van der Waals surface area contributed by atoms with E-state index in [1.807, 2.05) is 6.92 Å². The number of rotatable bonds is 6. The summed E-state index contributed by atoms with van der Waals surface area (Å²) in [5.74, 6) is -0.627. The molecule has 0 bridgehead atoms. The minimum Gasteiger partial charge on any atom is -0.495 e. The quantitative estimate of drug-likeness (QED) is 0.846. The third-order valence-corrected chi connectivity index (χ3v) is 3.30. The van der Waals surface area contributed by atoms with Gasteiger partial charge < -0.3 is 15.4 Å².